The molecule has 2 nitrogen and oxygen atoms in total. The van der Waals surface area contributed by atoms with Gasteiger partial charge in [0.25, 0.3) is 0 Å². The molecule has 1 aliphatic rings. The van der Waals surface area contributed by atoms with Crippen molar-refractivity contribution in [2.75, 3.05) is 19.6 Å². The minimum absolute atomic E-state index is 0.729. The molecule has 1 N–H and O–H groups in total. The fraction of sp³-hybridized carbons (Fsp3) is 0.471. The highest BCUT2D eigenvalue weighted by molar-refractivity contribution is 5.83. The first-order chi connectivity index (χ1) is 9.38. The summed E-state index contributed by atoms with van der Waals surface area (Å²) >= 11 is 0. The number of unbranched alkanes of at least 4 members (excludes halogenated alkanes) is 1. The number of hydrogen-bond acceptors (Lipinski definition) is 1. The lowest BCUT2D eigenvalue weighted by Crippen LogP contribution is -2.33. The number of nitrogens with zero attached hydrogens (tertiary/aromatic N) is 1. The highest BCUT2D eigenvalue weighted by atomic mass is 15.1. The summed E-state index contributed by atoms with van der Waals surface area (Å²) in [5.74, 6) is 0.729. The molecule has 1 aromatic heterocycles. The maximum Gasteiger partial charge on any atom is 0.0456 e. The molecule has 1 aliphatic heterocycles. The maximum atomic E-state index is 3.93. The Kier molecular flexibility index (Phi) is 3.88. The number of H-pyrrole nitrogens is 1. The first-order valence-corrected chi connectivity index (χ1v) is 7.46. The Hall–Kier alpha value is -1.28. The highest BCUT2D eigenvalue weighted by Crippen LogP contribution is 2.32. The van der Waals surface area contributed by atoms with Gasteiger partial charge in [-0.05, 0) is 56.4 Å². The zero-order chi connectivity index (χ0) is 13.1. The lowest BCUT2D eigenvalue weighted by Gasteiger charge is -2.31. The fourth-order valence-corrected chi connectivity index (χ4v) is 3.23. The molecular weight excluding hydrogens is 232 g/mol. The van der Waals surface area contributed by atoms with Crippen LogP contribution in [0.4, 0.5) is 0 Å². The Morgan fingerprint density at radius 3 is 2.79 bits per heavy atom. The summed E-state index contributed by atoms with van der Waals surface area (Å²) in [4.78, 5) is 6.00. The molecule has 0 atom stereocenters. The fourth-order valence-electron chi connectivity index (χ4n) is 3.23. The largest absolute Gasteiger partial charge is 0.361 e. The summed E-state index contributed by atoms with van der Waals surface area (Å²) in [5.41, 5.74) is 2.80. The molecule has 0 saturated carbocycles. The molecule has 3 rings (SSSR count). The lowest BCUT2D eigenvalue weighted by molar-refractivity contribution is 0.211. The van der Waals surface area contributed by atoms with Crippen molar-refractivity contribution in [1.29, 1.82) is 0 Å². The van der Waals surface area contributed by atoms with E-state index in [-0.39, 0.29) is 0 Å². The summed E-state index contributed by atoms with van der Waals surface area (Å²) in [6, 6.07) is 8.66. The van der Waals surface area contributed by atoms with Gasteiger partial charge in [0.05, 0.1) is 0 Å². The van der Waals surface area contributed by atoms with Crippen LogP contribution in [0.5, 0.6) is 0 Å². The van der Waals surface area contributed by atoms with E-state index >= 15 is 0 Å². The number of benzene rings is 1. The van der Waals surface area contributed by atoms with Crippen molar-refractivity contribution in [2.45, 2.75) is 31.6 Å². The average molecular weight is 255 g/mol. The number of nitrogens with one attached hydrogen (secondary N) is 1. The van der Waals surface area contributed by atoms with Gasteiger partial charge in [0.15, 0.2) is 0 Å². The predicted octanol–water partition coefficient (Wildman–Crippen LogP) is 3.96. The summed E-state index contributed by atoms with van der Waals surface area (Å²) in [6.07, 6.45) is 7.10. The molecule has 0 spiro atoms. The Morgan fingerprint density at radius 1 is 1.21 bits per heavy atom. The number of fused-ring (bicyclic) bond motifs is 1. The minimum Gasteiger partial charge on any atom is -0.361 e. The summed E-state index contributed by atoms with van der Waals surface area (Å²) in [5, 5.41) is 1.42. The number of rotatable bonds is 4. The predicted molar refractivity (Wildman–Crippen MR) is 81.3 cm³/mol. The number of piperidine rings is 1. The normalized spacial score (nSPS) is 18.2. The van der Waals surface area contributed by atoms with Crippen LogP contribution in [0.1, 0.15) is 37.2 Å². The topological polar surface area (TPSA) is 19.0 Å². The molecule has 19 heavy (non-hydrogen) atoms. The van der Waals surface area contributed by atoms with Crippen molar-refractivity contribution in [2.24, 2.45) is 0 Å². The van der Waals surface area contributed by atoms with E-state index in [1.165, 1.54) is 55.4 Å². The van der Waals surface area contributed by atoms with Crippen molar-refractivity contribution < 1.29 is 0 Å². The highest BCUT2D eigenvalue weighted by Gasteiger charge is 2.22. The Bertz CT molecular complexity index is 521. The molecule has 1 fully saturated rings. The van der Waals surface area contributed by atoms with Gasteiger partial charge in [-0.25, -0.2) is 0 Å². The second kappa shape index (κ2) is 5.79. The van der Waals surface area contributed by atoms with E-state index in [1.807, 2.05) is 0 Å². The number of likely N-dealkylation sites (tertiary alicyclic amines) is 1. The Labute approximate surface area is 115 Å². The first kappa shape index (κ1) is 12.7. The van der Waals surface area contributed by atoms with Crippen LogP contribution in [0.25, 0.3) is 10.9 Å². The summed E-state index contributed by atoms with van der Waals surface area (Å²) in [7, 11) is 0. The van der Waals surface area contributed by atoms with Crippen LogP contribution in [0.15, 0.2) is 30.5 Å². The number of aromatic nitrogens is 1. The van der Waals surface area contributed by atoms with Gasteiger partial charge < -0.3 is 9.88 Å². The lowest BCUT2D eigenvalue weighted by atomic mass is 9.89. The third-order valence-corrected chi connectivity index (χ3v) is 4.37. The summed E-state index contributed by atoms with van der Waals surface area (Å²) < 4.78 is 0. The zero-order valence-corrected chi connectivity index (χ0v) is 11.6. The van der Waals surface area contributed by atoms with E-state index in [4.69, 9.17) is 0 Å². The van der Waals surface area contributed by atoms with Crippen LogP contribution >= 0.6 is 0 Å². The van der Waals surface area contributed by atoms with Crippen molar-refractivity contribution in [3.05, 3.63) is 42.9 Å². The monoisotopic (exact) mass is 255 g/mol. The Morgan fingerprint density at radius 2 is 2.00 bits per heavy atom. The van der Waals surface area contributed by atoms with E-state index in [2.05, 4.69) is 47.3 Å². The molecule has 0 unspecified atom stereocenters. The molecule has 0 amide bonds. The van der Waals surface area contributed by atoms with Crippen LogP contribution in [-0.2, 0) is 0 Å². The zero-order valence-electron chi connectivity index (χ0n) is 11.6. The number of hydrogen-bond donors (Lipinski definition) is 1. The van der Waals surface area contributed by atoms with Crippen LogP contribution in [0, 0.1) is 6.92 Å². The number of aromatic amines is 1. The van der Waals surface area contributed by atoms with Crippen molar-refractivity contribution in [3.8, 4) is 0 Å². The van der Waals surface area contributed by atoms with Crippen LogP contribution in [0.3, 0.4) is 0 Å². The van der Waals surface area contributed by atoms with Gasteiger partial charge in [-0.1, -0.05) is 31.5 Å². The van der Waals surface area contributed by atoms with Gasteiger partial charge in [0.2, 0.25) is 0 Å². The van der Waals surface area contributed by atoms with Gasteiger partial charge in [-0.15, -0.1) is 0 Å². The van der Waals surface area contributed by atoms with Crippen LogP contribution in [-0.4, -0.2) is 29.5 Å². The first-order valence-electron chi connectivity index (χ1n) is 7.46. The standard InChI is InChI=1S/C17H23N2/c1-2-3-10-19-11-8-14(9-12-19)16-13-18-17-7-5-4-6-15(16)17/h4-7,13-14,18H,1-3,8-12H2. The smallest absolute Gasteiger partial charge is 0.0456 e. The second-order valence-electron chi connectivity index (χ2n) is 5.61. The molecule has 0 bridgehead atoms. The van der Waals surface area contributed by atoms with E-state index < -0.39 is 0 Å². The molecule has 1 radical (unpaired) electrons. The van der Waals surface area contributed by atoms with Crippen LogP contribution < -0.4 is 0 Å². The van der Waals surface area contributed by atoms with Crippen LogP contribution in [0.2, 0.25) is 0 Å². The average Bonchev–Trinajstić information content (AvgIpc) is 2.90. The molecule has 2 aromatic rings. The molecule has 101 valence electrons. The summed E-state index contributed by atoms with van der Waals surface area (Å²) in [6.45, 7) is 7.64. The number of para-hydroxylation sites is 1. The van der Waals surface area contributed by atoms with E-state index in [0.717, 1.165) is 12.3 Å². The SMILES string of the molecule is [CH2]CCCN1CCC(c2c[nH]c3ccccc23)CC1. The molecule has 2 heteroatoms. The van der Waals surface area contributed by atoms with Gasteiger partial charge in [0, 0.05) is 17.1 Å². The van der Waals surface area contributed by atoms with Gasteiger partial charge >= 0.3 is 0 Å². The Balaban J connectivity index is 1.68. The van der Waals surface area contributed by atoms with E-state index in [9.17, 15) is 0 Å². The molecule has 0 aliphatic carbocycles. The molecule has 1 saturated heterocycles. The quantitative estimate of drug-likeness (QED) is 0.876. The van der Waals surface area contributed by atoms with Gasteiger partial charge in [0.1, 0.15) is 0 Å². The van der Waals surface area contributed by atoms with E-state index in [0.29, 0.717) is 0 Å². The molecular formula is C17H23N2. The van der Waals surface area contributed by atoms with Gasteiger partial charge in [-0.2, -0.15) is 0 Å². The van der Waals surface area contributed by atoms with Crippen molar-refractivity contribution in [1.82, 2.24) is 9.88 Å². The third kappa shape index (κ3) is 2.69. The third-order valence-electron chi connectivity index (χ3n) is 4.37. The van der Waals surface area contributed by atoms with E-state index in [1.54, 1.807) is 0 Å². The molecule has 2 heterocycles. The van der Waals surface area contributed by atoms with Crippen molar-refractivity contribution in [3.63, 3.8) is 0 Å². The second-order valence-corrected chi connectivity index (χ2v) is 5.61. The maximum absolute atomic E-state index is 3.93. The minimum atomic E-state index is 0.729. The van der Waals surface area contributed by atoms with Gasteiger partial charge in [-0.3, -0.25) is 0 Å². The molecule has 1 aromatic carbocycles. The van der Waals surface area contributed by atoms with Crippen molar-refractivity contribution >= 4 is 10.9 Å².